The van der Waals surface area contributed by atoms with Crippen molar-refractivity contribution in [2.75, 3.05) is 58.4 Å². The summed E-state index contributed by atoms with van der Waals surface area (Å²) in [6.07, 6.45) is -0.348. The zero-order valence-electron chi connectivity index (χ0n) is 42.1. The molecule has 0 spiro atoms. The minimum absolute atomic E-state index is 0.0271. The largest absolute Gasteiger partial charge is 0.459 e. The molecule has 16 nitrogen and oxygen atoms in total. The van der Waals surface area contributed by atoms with E-state index in [-0.39, 0.29) is 49.8 Å². The number of aliphatic hydroxyl groups excluding tert-OH is 2. The lowest BCUT2D eigenvalue weighted by molar-refractivity contribution is -0.296. The van der Waals surface area contributed by atoms with Crippen molar-refractivity contribution in [1.29, 1.82) is 0 Å². The monoisotopic (exact) mass is 958 g/mol. The number of Topliss-reactive ketones (excluding diaryl/α,β-unsaturated/α-hetero) is 1. The van der Waals surface area contributed by atoms with Crippen LogP contribution in [-0.2, 0) is 38.2 Å². The molecule has 4 heterocycles. The number of nitrogens with zero attached hydrogens (tertiary/aromatic N) is 5. The van der Waals surface area contributed by atoms with Crippen LogP contribution in [0.2, 0.25) is 0 Å². The fraction of sp³-hybridized carbons (Fsp3) is 0.604. The number of ether oxygens (including phenoxy) is 4. The van der Waals surface area contributed by atoms with Gasteiger partial charge in [-0.1, -0.05) is 81.4 Å². The lowest BCUT2D eigenvalue weighted by Gasteiger charge is -2.47. The van der Waals surface area contributed by atoms with E-state index in [9.17, 15) is 29.7 Å². The topological polar surface area (TPSA) is 193 Å². The lowest BCUT2D eigenvalue weighted by Crippen LogP contribution is -2.60. The van der Waals surface area contributed by atoms with Gasteiger partial charge in [-0.15, -0.1) is 0 Å². The zero-order valence-corrected chi connectivity index (χ0v) is 42.1. The summed E-state index contributed by atoms with van der Waals surface area (Å²) in [6.45, 7) is 15.4. The predicted octanol–water partition coefficient (Wildman–Crippen LogP) is 5.51. The van der Waals surface area contributed by atoms with Crippen LogP contribution in [0.4, 0.5) is 5.69 Å². The number of carbonyl (C=O) groups is 3. The van der Waals surface area contributed by atoms with Gasteiger partial charge in [0.1, 0.15) is 23.7 Å². The van der Waals surface area contributed by atoms with Crippen molar-refractivity contribution in [2.45, 2.75) is 129 Å². The third-order valence-electron chi connectivity index (χ3n) is 14.4. The molecule has 3 aliphatic rings. The Kier molecular flexibility index (Phi) is 18.2. The van der Waals surface area contributed by atoms with Crippen LogP contribution in [0.5, 0.6) is 0 Å². The molecule has 3 saturated heterocycles. The molecule has 69 heavy (non-hydrogen) atoms. The van der Waals surface area contributed by atoms with Crippen molar-refractivity contribution in [2.24, 2.45) is 28.8 Å². The van der Waals surface area contributed by atoms with Gasteiger partial charge in [-0.3, -0.25) is 19.4 Å². The van der Waals surface area contributed by atoms with Crippen LogP contribution >= 0.6 is 0 Å². The summed E-state index contributed by atoms with van der Waals surface area (Å²) in [7, 11) is 3.74. The van der Waals surface area contributed by atoms with Crippen LogP contribution in [-0.4, -0.2) is 161 Å². The number of pyridine rings is 1. The molecule has 378 valence electrons. The van der Waals surface area contributed by atoms with Crippen LogP contribution in [0.15, 0.2) is 78.1 Å². The Morgan fingerprint density at radius 1 is 0.971 bits per heavy atom. The van der Waals surface area contributed by atoms with Gasteiger partial charge in [-0.05, 0) is 90.9 Å². The van der Waals surface area contributed by atoms with Gasteiger partial charge < -0.3 is 53.8 Å². The number of esters is 1. The molecule has 0 aliphatic carbocycles. The summed E-state index contributed by atoms with van der Waals surface area (Å²) in [5.74, 6) is -5.58. The van der Waals surface area contributed by atoms with Crippen molar-refractivity contribution < 1.29 is 53.5 Å². The van der Waals surface area contributed by atoms with Crippen molar-refractivity contribution in [3.8, 4) is 0 Å². The molecule has 3 N–H and O–H groups in total. The van der Waals surface area contributed by atoms with Crippen LogP contribution < -0.4 is 4.90 Å². The molecule has 13 atom stereocenters. The molecule has 3 aromatic rings. The van der Waals surface area contributed by atoms with Gasteiger partial charge in [0, 0.05) is 67.2 Å². The Hall–Kier alpha value is -4.81. The molecule has 3 aliphatic heterocycles. The standard InChI is InChI=1S/C53H75N5O11/c1-11-43-53(8,64)48(62)35(4)45(55-66-32-44(59)58-25-23-57(24-26-58)40-20-13-12-14-21-40)33(2)30-52(7,65-27-17-18-38-29-39-19-15-16-22-41(39)54-31-38)49(36(5)46(60)37(6)50(63)68-43)69-51-47(61)42(56(9)10)28-34(3)67-51/h12-22,29,31,33-37,42-43,47-49,51,61-62,64H,11,23-28,30,32H2,1-10H3/b18-17+,55-45+/t33-,34-,35-,36+,37-,42+,43+,47-,48-,49-,51+,52+,53-/m1/s1. The Labute approximate surface area is 407 Å². The Balaban J connectivity index is 1.37. The molecule has 6 rings (SSSR count). The number of rotatable bonds is 12. The Morgan fingerprint density at radius 3 is 2.33 bits per heavy atom. The number of carbonyl (C=O) groups excluding carboxylic acids is 3. The Morgan fingerprint density at radius 2 is 1.65 bits per heavy atom. The number of hydrogen-bond donors (Lipinski definition) is 3. The normalized spacial score (nSPS) is 34.0. The van der Waals surface area contributed by atoms with Crippen LogP contribution in [0.25, 0.3) is 17.0 Å². The van der Waals surface area contributed by atoms with Crippen molar-refractivity contribution >= 4 is 46.0 Å². The van der Waals surface area contributed by atoms with E-state index in [0.29, 0.717) is 32.6 Å². The first-order chi connectivity index (χ1) is 32.7. The van der Waals surface area contributed by atoms with E-state index < -0.39 is 77.3 Å². The number of anilines is 1. The highest BCUT2D eigenvalue weighted by Gasteiger charge is 2.52. The molecule has 0 unspecified atom stereocenters. The zero-order chi connectivity index (χ0) is 50.2. The summed E-state index contributed by atoms with van der Waals surface area (Å²) in [5.41, 5.74) is -0.355. The van der Waals surface area contributed by atoms with Crippen LogP contribution in [0.3, 0.4) is 0 Å². The highest BCUT2D eigenvalue weighted by molar-refractivity contribution is 6.00. The highest BCUT2D eigenvalue weighted by atomic mass is 16.7. The second-order valence-corrected chi connectivity index (χ2v) is 19.9. The van der Waals surface area contributed by atoms with Gasteiger partial charge in [-0.2, -0.15) is 0 Å². The third kappa shape index (κ3) is 12.8. The minimum atomic E-state index is -2.01. The molecule has 1 aromatic heterocycles. The molecule has 0 bridgehead atoms. The minimum Gasteiger partial charge on any atom is -0.459 e. The van der Waals surface area contributed by atoms with Crippen LogP contribution in [0, 0.1) is 23.7 Å². The number of cyclic esters (lactones) is 1. The molecular weight excluding hydrogens is 883 g/mol. The van der Waals surface area contributed by atoms with Gasteiger partial charge in [0.25, 0.3) is 5.91 Å². The van der Waals surface area contributed by atoms with E-state index in [1.807, 2.05) is 113 Å². The molecular formula is C53H75N5O11. The molecule has 1 amide bonds. The number of aromatic nitrogens is 1. The molecule has 0 saturated carbocycles. The number of likely N-dealkylation sites (N-methyl/N-ethyl adjacent to an activating group) is 1. The quantitative estimate of drug-likeness (QED) is 0.117. The average Bonchev–Trinajstić information content (AvgIpc) is 3.34. The number of amides is 1. The van der Waals surface area contributed by atoms with Gasteiger partial charge in [0.2, 0.25) is 0 Å². The van der Waals surface area contributed by atoms with Crippen molar-refractivity contribution in [1.82, 2.24) is 14.8 Å². The summed E-state index contributed by atoms with van der Waals surface area (Å²) < 4.78 is 26.0. The molecule has 2 aromatic carbocycles. The maximum atomic E-state index is 14.7. The second kappa shape index (κ2) is 23.4. The van der Waals surface area contributed by atoms with E-state index in [2.05, 4.69) is 15.0 Å². The first-order valence-electron chi connectivity index (χ1n) is 24.5. The number of hydrogen-bond acceptors (Lipinski definition) is 15. The number of benzene rings is 2. The molecule has 3 fully saturated rings. The third-order valence-corrected chi connectivity index (χ3v) is 14.4. The molecule has 0 radical (unpaired) electrons. The number of piperazine rings is 1. The van der Waals surface area contributed by atoms with E-state index in [0.717, 1.165) is 22.2 Å². The number of oxime groups is 1. The van der Waals surface area contributed by atoms with E-state index in [4.69, 9.17) is 23.8 Å². The van der Waals surface area contributed by atoms with Crippen LogP contribution in [0.1, 0.15) is 80.2 Å². The predicted molar refractivity (Wildman–Crippen MR) is 264 cm³/mol. The van der Waals surface area contributed by atoms with E-state index in [1.54, 1.807) is 31.9 Å². The van der Waals surface area contributed by atoms with E-state index in [1.165, 1.54) is 13.8 Å². The second-order valence-electron chi connectivity index (χ2n) is 19.9. The lowest BCUT2D eigenvalue weighted by atomic mass is 9.74. The first kappa shape index (κ1) is 53.5. The SMILES string of the molecule is CC[C@@H]1OC(=O)[C@H](C)C(=O)[C@H](C)[C@@H](O[C@@H]2O[C@H](C)C[C@H](N(C)C)[C@H]2O)[C@@](C)(OC/C=C/c2cnc3ccccc3c2)C[C@@H](C)/C(=N\OCC(=O)N2CCN(c3ccccc3)CC2)[C@@H](C)[C@@H](O)[C@]1(C)O. The van der Waals surface area contributed by atoms with Crippen molar-refractivity contribution in [3.05, 3.63) is 78.5 Å². The number of aliphatic hydroxyl groups is 3. The van der Waals surface area contributed by atoms with Gasteiger partial charge >= 0.3 is 5.97 Å². The fourth-order valence-corrected chi connectivity index (χ4v) is 10.3. The highest BCUT2D eigenvalue weighted by Crippen LogP contribution is 2.39. The summed E-state index contributed by atoms with van der Waals surface area (Å²) in [6, 6.07) is 19.5. The van der Waals surface area contributed by atoms with Gasteiger partial charge in [0.05, 0.1) is 41.7 Å². The number of fused-ring (bicyclic) bond motifs is 1. The number of para-hydroxylation sites is 2. The maximum absolute atomic E-state index is 14.7. The molecule has 16 heteroatoms. The smallest absolute Gasteiger partial charge is 0.316 e. The Bertz CT molecular complexity index is 2250. The summed E-state index contributed by atoms with van der Waals surface area (Å²) in [5, 5.41) is 41.5. The van der Waals surface area contributed by atoms with Gasteiger partial charge in [-0.25, -0.2) is 0 Å². The van der Waals surface area contributed by atoms with Crippen molar-refractivity contribution in [3.63, 3.8) is 0 Å². The first-order valence-corrected chi connectivity index (χ1v) is 24.5. The fourth-order valence-electron chi connectivity index (χ4n) is 10.3. The average molecular weight is 958 g/mol. The van der Waals surface area contributed by atoms with E-state index >= 15 is 0 Å². The maximum Gasteiger partial charge on any atom is 0.316 e. The summed E-state index contributed by atoms with van der Waals surface area (Å²) >= 11 is 0. The summed E-state index contributed by atoms with van der Waals surface area (Å²) in [4.78, 5) is 58.6. The number of ketones is 1. The van der Waals surface area contributed by atoms with Gasteiger partial charge in [0.15, 0.2) is 18.7 Å².